The summed E-state index contributed by atoms with van der Waals surface area (Å²) >= 11 is 0. The van der Waals surface area contributed by atoms with Crippen molar-refractivity contribution in [2.75, 3.05) is 46.3 Å². The van der Waals surface area contributed by atoms with Crippen molar-refractivity contribution in [2.24, 2.45) is 0 Å². The van der Waals surface area contributed by atoms with Gasteiger partial charge in [-0.3, -0.25) is 14.6 Å². The van der Waals surface area contributed by atoms with Crippen molar-refractivity contribution >= 4 is 5.91 Å². The summed E-state index contributed by atoms with van der Waals surface area (Å²) in [4.78, 5) is 19.2. The van der Waals surface area contributed by atoms with Crippen molar-refractivity contribution in [1.82, 2.24) is 14.7 Å². The maximum absolute atomic E-state index is 12.5. The number of carbonyl (C=O) groups excluding carboxylic acids is 1. The molecule has 0 bridgehead atoms. The van der Waals surface area contributed by atoms with Crippen LogP contribution in [0.1, 0.15) is 24.4 Å². The molecule has 2 heterocycles. The second-order valence-corrected chi connectivity index (χ2v) is 6.23. The van der Waals surface area contributed by atoms with Gasteiger partial charge in [0.2, 0.25) is 5.91 Å². The van der Waals surface area contributed by atoms with Crippen LogP contribution in [0.25, 0.3) is 0 Å². The number of rotatable bonds is 3. The van der Waals surface area contributed by atoms with Gasteiger partial charge in [0.1, 0.15) is 0 Å². The van der Waals surface area contributed by atoms with Crippen molar-refractivity contribution in [3.63, 3.8) is 0 Å². The highest BCUT2D eigenvalue weighted by atomic mass is 16.2. The average molecular weight is 287 g/mol. The average Bonchev–Trinajstić information content (AvgIpc) is 3.01. The minimum Gasteiger partial charge on any atom is -0.338 e. The fourth-order valence-electron chi connectivity index (χ4n) is 3.37. The summed E-state index contributed by atoms with van der Waals surface area (Å²) in [7, 11) is 2.15. The Balaban J connectivity index is 1.63. The molecule has 1 aromatic carbocycles. The quantitative estimate of drug-likeness (QED) is 0.845. The van der Waals surface area contributed by atoms with E-state index in [2.05, 4.69) is 46.0 Å². The topological polar surface area (TPSA) is 26.8 Å². The van der Waals surface area contributed by atoms with Crippen LogP contribution < -0.4 is 0 Å². The zero-order valence-corrected chi connectivity index (χ0v) is 12.9. The molecule has 3 rings (SSSR count). The summed E-state index contributed by atoms with van der Waals surface area (Å²) in [5, 5.41) is 0. The Morgan fingerprint density at radius 2 is 1.81 bits per heavy atom. The Labute approximate surface area is 127 Å². The molecule has 0 saturated carbocycles. The molecule has 4 heteroatoms. The van der Waals surface area contributed by atoms with Gasteiger partial charge in [0.05, 0.1) is 12.6 Å². The molecule has 2 saturated heterocycles. The van der Waals surface area contributed by atoms with Gasteiger partial charge in [0, 0.05) is 19.6 Å². The molecule has 0 aromatic heterocycles. The zero-order valence-electron chi connectivity index (χ0n) is 12.9. The molecule has 1 atom stereocenters. The van der Waals surface area contributed by atoms with Gasteiger partial charge in [-0.05, 0) is 38.5 Å². The van der Waals surface area contributed by atoms with Crippen LogP contribution >= 0.6 is 0 Å². The molecule has 0 radical (unpaired) electrons. The second-order valence-electron chi connectivity index (χ2n) is 6.23. The molecule has 1 amide bonds. The Morgan fingerprint density at radius 3 is 2.52 bits per heavy atom. The minimum atomic E-state index is 0.297. The standard InChI is InChI=1S/C17H25N3O/c1-18-11-12-20(17(21)14-19-9-5-6-10-19)13-16(18)15-7-3-2-4-8-15/h2-4,7-8,16H,5-6,9-14H2,1H3/t16-/m1/s1. The summed E-state index contributed by atoms with van der Waals surface area (Å²) in [5.74, 6) is 0.297. The van der Waals surface area contributed by atoms with Crippen molar-refractivity contribution in [2.45, 2.75) is 18.9 Å². The second kappa shape index (κ2) is 6.58. The Bertz CT molecular complexity index is 470. The van der Waals surface area contributed by atoms with Gasteiger partial charge < -0.3 is 4.90 Å². The summed E-state index contributed by atoms with van der Waals surface area (Å²) in [5.41, 5.74) is 1.30. The Hall–Kier alpha value is -1.39. The fraction of sp³-hybridized carbons (Fsp3) is 0.588. The van der Waals surface area contributed by atoms with Gasteiger partial charge in [-0.2, -0.15) is 0 Å². The van der Waals surface area contributed by atoms with E-state index in [1.54, 1.807) is 0 Å². The van der Waals surface area contributed by atoms with E-state index in [0.29, 0.717) is 18.5 Å². The molecule has 0 unspecified atom stereocenters. The molecule has 2 fully saturated rings. The van der Waals surface area contributed by atoms with E-state index in [1.165, 1.54) is 18.4 Å². The number of likely N-dealkylation sites (tertiary alicyclic amines) is 1. The van der Waals surface area contributed by atoms with E-state index in [0.717, 1.165) is 32.7 Å². The number of hydrogen-bond acceptors (Lipinski definition) is 3. The highest BCUT2D eigenvalue weighted by molar-refractivity contribution is 5.78. The van der Waals surface area contributed by atoms with Crippen LogP contribution in [-0.4, -0.2) is 66.9 Å². The van der Waals surface area contributed by atoms with Crippen molar-refractivity contribution in [3.05, 3.63) is 35.9 Å². The van der Waals surface area contributed by atoms with Gasteiger partial charge in [-0.1, -0.05) is 30.3 Å². The first-order valence-corrected chi connectivity index (χ1v) is 7.99. The minimum absolute atomic E-state index is 0.297. The molecule has 2 aliphatic rings. The summed E-state index contributed by atoms with van der Waals surface area (Å²) < 4.78 is 0. The number of likely N-dealkylation sites (N-methyl/N-ethyl adjacent to an activating group) is 1. The first-order valence-electron chi connectivity index (χ1n) is 7.99. The maximum atomic E-state index is 12.5. The lowest BCUT2D eigenvalue weighted by Gasteiger charge is -2.40. The summed E-state index contributed by atoms with van der Waals surface area (Å²) in [6.45, 7) is 5.39. The smallest absolute Gasteiger partial charge is 0.236 e. The first kappa shape index (κ1) is 14.5. The molecule has 114 valence electrons. The lowest BCUT2D eigenvalue weighted by atomic mass is 10.0. The van der Waals surface area contributed by atoms with Crippen LogP contribution in [-0.2, 0) is 4.79 Å². The van der Waals surface area contributed by atoms with Crippen molar-refractivity contribution in [3.8, 4) is 0 Å². The molecular weight excluding hydrogens is 262 g/mol. The van der Waals surface area contributed by atoms with E-state index in [1.807, 2.05) is 6.07 Å². The normalized spacial score (nSPS) is 24.4. The van der Waals surface area contributed by atoms with E-state index >= 15 is 0 Å². The van der Waals surface area contributed by atoms with Crippen molar-refractivity contribution < 1.29 is 4.79 Å². The number of hydrogen-bond donors (Lipinski definition) is 0. The van der Waals surface area contributed by atoms with Gasteiger partial charge in [0.25, 0.3) is 0 Å². The highest BCUT2D eigenvalue weighted by Crippen LogP contribution is 2.24. The van der Waals surface area contributed by atoms with Crippen LogP contribution in [0, 0.1) is 0 Å². The summed E-state index contributed by atoms with van der Waals surface area (Å²) in [6, 6.07) is 10.8. The zero-order chi connectivity index (χ0) is 14.7. The highest BCUT2D eigenvalue weighted by Gasteiger charge is 2.29. The molecule has 0 N–H and O–H groups in total. The molecule has 0 spiro atoms. The van der Waals surface area contributed by atoms with Crippen LogP contribution in [0.4, 0.5) is 0 Å². The third-order valence-electron chi connectivity index (χ3n) is 4.74. The third kappa shape index (κ3) is 3.44. The molecular formula is C17H25N3O. The number of piperazine rings is 1. The van der Waals surface area contributed by atoms with Gasteiger partial charge >= 0.3 is 0 Å². The SMILES string of the molecule is CN1CCN(C(=O)CN2CCCC2)C[C@@H]1c1ccccc1. The van der Waals surface area contributed by atoms with E-state index in [9.17, 15) is 4.79 Å². The van der Waals surface area contributed by atoms with Gasteiger partial charge in [-0.15, -0.1) is 0 Å². The molecule has 0 aliphatic carbocycles. The molecule has 1 aromatic rings. The number of nitrogens with zero attached hydrogens (tertiary/aromatic N) is 3. The Kier molecular flexibility index (Phi) is 4.56. The maximum Gasteiger partial charge on any atom is 0.236 e. The predicted octanol–water partition coefficient (Wildman–Crippen LogP) is 1.60. The van der Waals surface area contributed by atoms with E-state index in [-0.39, 0.29) is 0 Å². The third-order valence-corrected chi connectivity index (χ3v) is 4.74. The van der Waals surface area contributed by atoms with E-state index in [4.69, 9.17) is 0 Å². The number of amides is 1. The van der Waals surface area contributed by atoms with Gasteiger partial charge in [-0.25, -0.2) is 0 Å². The first-order chi connectivity index (χ1) is 10.2. The number of benzene rings is 1. The monoisotopic (exact) mass is 287 g/mol. The fourth-order valence-corrected chi connectivity index (χ4v) is 3.37. The molecule has 4 nitrogen and oxygen atoms in total. The van der Waals surface area contributed by atoms with Gasteiger partial charge in [0.15, 0.2) is 0 Å². The lowest BCUT2D eigenvalue weighted by Crippen LogP contribution is -2.51. The largest absolute Gasteiger partial charge is 0.338 e. The summed E-state index contributed by atoms with van der Waals surface area (Å²) in [6.07, 6.45) is 2.48. The van der Waals surface area contributed by atoms with Crippen LogP contribution in [0.2, 0.25) is 0 Å². The lowest BCUT2D eigenvalue weighted by molar-refractivity contribution is -0.135. The Morgan fingerprint density at radius 1 is 1.10 bits per heavy atom. The predicted molar refractivity (Wildman–Crippen MR) is 84.1 cm³/mol. The van der Waals surface area contributed by atoms with Crippen LogP contribution in [0.15, 0.2) is 30.3 Å². The van der Waals surface area contributed by atoms with Crippen molar-refractivity contribution in [1.29, 1.82) is 0 Å². The molecule has 2 aliphatic heterocycles. The molecule has 21 heavy (non-hydrogen) atoms. The van der Waals surface area contributed by atoms with Crippen LogP contribution in [0.3, 0.4) is 0 Å². The number of carbonyl (C=O) groups is 1. The van der Waals surface area contributed by atoms with Crippen LogP contribution in [0.5, 0.6) is 0 Å². The van der Waals surface area contributed by atoms with E-state index < -0.39 is 0 Å².